The molecular formula is C11H22BrNO3S. The van der Waals surface area contributed by atoms with Gasteiger partial charge in [-0.3, -0.25) is 0 Å². The molecule has 0 radical (unpaired) electrons. The first-order chi connectivity index (χ1) is 7.89. The monoisotopic (exact) mass is 327 g/mol. The third-order valence-corrected chi connectivity index (χ3v) is 5.63. The van der Waals surface area contributed by atoms with Crippen LogP contribution < -0.4 is 4.72 Å². The maximum Gasteiger partial charge on any atom is 0.212 e. The minimum atomic E-state index is -3.18. The minimum absolute atomic E-state index is 0.209. The molecular weight excluding hydrogens is 306 g/mol. The van der Waals surface area contributed by atoms with Gasteiger partial charge in [0, 0.05) is 24.1 Å². The predicted molar refractivity (Wildman–Crippen MR) is 73.0 cm³/mol. The van der Waals surface area contributed by atoms with E-state index in [1.165, 1.54) is 0 Å². The Morgan fingerprint density at radius 3 is 2.41 bits per heavy atom. The Balaban J connectivity index is 2.60. The van der Waals surface area contributed by atoms with Gasteiger partial charge in [-0.15, -0.1) is 0 Å². The summed E-state index contributed by atoms with van der Waals surface area (Å²) in [4.78, 5) is 0. The van der Waals surface area contributed by atoms with Gasteiger partial charge in [0.05, 0.1) is 5.75 Å². The van der Waals surface area contributed by atoms with Crippen LogP contribution in [0, 0.1) is 5.92 Å². The highest BCUT2D eigenvalue weighted by Crippen LogP contribution is 2.24. The van der Waals surface area contributed by atoms with Gasteiger partial charge in [0.25, 0.3) is 0 Å². The van der Waals surface area contributed by atoms with Crippen LogP contribution in [-0.2, 0) is 14.8 Å². The molecule has 0 atom stereocenters. The van der Waals surface area contributed by atoms with Crippen LogP contribution in [0.4, 0.5) is 0 Å². The number of alkyl halides is 1. The molecule has 1 saturated heterocycles. The molecule has 1 fully saturated rings. The van der Waals surface area contributed by atoms with Gasteiger partial charge in [-0.1, -0.05) is 29.8 Å². The smallest absolute Gasteiger partial charge is 0.212 e. The first-order valence-electron chi connectivity index (χ1n) is 6.04. The summed E-state index contributed by atoms with van der Waals surface area (Å²) in [6.07, 6.45) is 2.17. The lowest BCUT2D eigenvalue weighted by atomic mass is 9.94. The fraction of sp³-hybridized carbons (Fsp3) is 1.00. The van der Waals surface area contributed by atoms with Crippen molar-refractivity contribution in [2.75, 3.05) is 24.3 Å². The highest BCUT2D eigenvalue weighted by atomic mass is 79.9. The van der Waals surface area contributed by atoms with E-state index in [1.807, 2.05) is 13.8 Å². The maximum atomic E-state index is 12.0. The van der Waals surface area contributed by atoms with Crippen molar-refractivity contribution in [2.45, 2.75) is 38.6 Å². The lowest BCUT2D eigenvalue weighted by Crippen LogP contribution is -2.53. The van der Waals surface area contributed by atoms with Crippen LogP contribution in [0.15, 0.2) is 0 Å². The van der Waals surface area contributed by atoms with Crippen LogP contribution in [0.5, 0.6) is 0 Å². The average molecular weight is 328 g/mol. The Hall–Kier alpha value is 0.350. The molecule has 1 aliphatic rings. The number of hydrogen-bond acceptors (Lipinski definition) is 3. The third-order valence-electron chi connectivity index (χ3n) is 3.04. The van der Waals surface area contributed by atoms with E-state index >= 15 is 0 Å². The molecule has 0 unspecified atom stereocenters. The molecule has 6 heteroatoms. The number of nitrogens with one attached hydrogen (secondary N) is 1. The molecule has 1 N–H and O–H groups in total. The topological polar surface area (TPSA) is 55.4 Å². The molecule has 0 spiro atoms. The van der Waals surface area contributed by atoms with Crippen molar-refractivity contribution in [3.63, 3.8) is 0 Å². The molecule has 0 bridgehead atoms. The van der Waals surface area contributed by atoms with Gasteiger partial charge >= 0.3 is 0 Å². The van der Waals surface area contributed by atoms with Crippen LogP contribution >= 0.6 is 15.9 Å². The fourth-order valence-electron chi connectivity index (χ4n) is 1.80. The number of ether oxygens (including phenoxy) is 1. The summed E-state index contributed by atoms with van der Waals surface area (Å²) in [5, 5.41) is 0.643. The van der Waals surface area contributed by atoms with Crippen LogP contribution in [0.1, 0.15) is 33.1 Å². The fourth-order valence-corrected chi connectivity index (χ4v) is 4.50. The molecule has 1 rings (SSSR count). The second-order valence-corrected chi connectivity index (χ2v) is 7.53. The zero-order valence-corrected chi connectivity index (χ0v) is 12.9. The van der Waals surface area contributed by atoms with Gasteiger partial charge in [-0.05, 0) is 25.2 Å². The van der Waals surface area contributed by atoms with E-state index in [-0.39, 0.29) is 11.3 Å². The Bertz CT molecular complexity index is 324. The molecule has 0 aliphatic carbocycles. The van der Waals surface area contributed by atoms with Gasteiger partial charge < -0.3 is 4.74 Å². The van der Waals surface area contributed by atoms with Crippen molar-refractivity contribution >= 4 is 26.0 Å². The average Bonchev–Trinajstić information content (AvgIpc) is 2.27. The lowest BCUT2D eigenvalue weighted by Gasteiger charge is -2.36. The molecule has 4 nitrogen and oxygen atoms in total. The number of rotatable bonds is 6. The SMILES string of the molecule is CC(C)CCS(=O)(=O)NC1(CBr)CCOCC1. The Morgan fingerprint density at radius 1 is 1.35 bits per heavy atom. The van der Waals surface area contributed by atoms with E-state index in [0.29, 0.717) is 30.9 Å². The van der Waals surface area contributed by atoms with Gasteiger partial charge in [-0.2, -0.15) is 0 Å². The normalized spacial score (nSPS) is 20.7. The van der Waals surface area contributed by atoms with Crippen LogP contribution in [0.3, 0.4) is 0 Å². The molecule has 1 heterocycles. The van der Waals surface area contributed by atoms with Gasteiger partial charge in [0.1, 0.15) is 0 Å². The summed E-state index contributed by atoms with van der Waals surface area (Å²) >= 11 is 3.42. The first-order valence-corrected chi connectivity index (χ1v) is 8.82. The van der Waals surface area contributed by atoms with E-state index in [0.717, 1.165) is 12.8 Å². The summed E-state index contributed by atoms with van der Waals surface area (Å²) in [6, 6.07) is 0. The molecule has 0 aromatic carbocycles. The van der Waals surface area contributed by atoms with E-state index in [1.54, 1.807) is 0 Å². The van der Waals surface area contributed by atoms with Crippen molar-refractivity contribution in [1.29, 1.82) is 0 Å². The van der Waals surface area contributed by atoms with Crippen molar-refractivity contribution in [1.82, 2.24) is 4.72 Å². The Kier molecular flexibility index (Phi) is 5.89. The maximum absolute atomic E-state index is 12.0. The highest BCUT2D eigenvalue weighted by molar-refractivity contribution is 9.09. The standard InChI is InChI=1S/C11H22BrNO3S/c1-10(2)3-8-17(14,15)13-11(9-12)4-6-16-7-5-11/h10,13H,3-9H2,1-2H3. The second-order valence-electron chi connectivity index (χ2n) is 5.13. The lowest BCUT2D eigenvalue weighted by molar-refractivity contribution is 0.0557. The van der Waals surface area contributed by atoms with E-state index in [4.69, 9.17) is 4.74 Å². The van der Waals surface area contributed by atoms with Crippen LogP contribution in [0.2, 0.25) is 0 Å². The largest absolute Gasteiger partial charge is 0.381 e. The molecule has 17 heavy (non-hydrogen) atoms. The first kappa shape index (κ1) is 15.4. The quantitative estimate of drug-likeness (QED) is 0.758. The van der Waals surface area contributed by atoms with Crippen LogP contribution in [0.25, 0.3) is 0 Å². The predicted octanol–water partition coefficient (Wildman–Crippen LogP) is 1.90. The zero-order chi connectivity index (χ0) is 12.9. The van der Waals surface area contributed by atoms with E-state index < -0.39 is 10.0 Å². The number of sulfonamides is 1. The molecule has 0 aromatic rings. The van der Waals surface area contributed by atoms with Crippen molar-refractivity contribution < 1.29 is 13.2 Å². The summed E-state index contributed by atoms with van der Waals surface area (Å²) in [5.41, 5.74) is -0.353. The van der Waals surface area contributed by atoms with Crippen molar-refractivity contribution in [3.8, 4) is 0 Å². The van der Waals surface area contributed by atoms with Gasteiger partial charge in [0.15, 0.2) is 0 Å². The van der Waals surface area contributed by atoms with Crippen LogP contribution in [-0.4, -0.2) is 38.3 Å². The van der Waals surface area contributed by atoms with Crippen molar-refractivity contribution in [2.24, 2.45) is 5.92 Å². The third kappa shape index (κ3) is 5.24. The Labute approximate surface area is 113 Å². The molecule has 0 aromatic heterocycles. The zero-order valence-electron chi connectivity index (χ0n) is 10.5. The summed E-state index contributed by atoms with van der Waals surface area (Å²) in [7, 11) is -3.18. The van der Waals surface area contributed by atoms with Crippen molar-refractivity contribution in [3.05, 3.63) is 0 Å². The summed E-state index contributed by atoms with van der Waals surface area (Å²) in [5.74, 6) is 0.612. The molecule has 102 valence electrons. The number of hydrogen-bond donors (Lipinski definition) is 1. The van der Waals surface area contributed by atoms with E-state index in [9.17, 15) is 8.42 Å². The highest BCUT2D eigenvalue weighted by Gasteiger charge is 2.35. The second kappa shape index (κ2) is 6.50. The molecule has 0 saturated carbocycles. The molecule has 1 aliphatic heterocycles. The number of halogens is 1. The van der Waals surface area contributed by atoms with E-state index in [2.05, 4.69) is 20.7 Å². The van der Waals surface area contributed by atoms with Gasteiger partial charge in [-0.25, -0.2) is 13.1 Å². The summed E-state index contributed by atoms with van der Waals surface area (Å²) in [6.45, 7) is 5.31. The minimum Gasteiger partial charge on any atom is -0.381 e. The Morgan fingerprint density at radius 2 is 1.94 bits per heavy atom. The molecule has 0 amide bonds. The summed E-state index contributed by atoms with van der Waals surface area (Å²) < 4.78 is 32.1. The van der Waals surface area contributed by atoms with Gasteiger partial charge in [0.2, 0.25) is 10.0 Å².